The Morgan fingerprint density at radius 3 is 1.86 bits per heavy atom. The van der Waals surface area contributed by atoms with Crippen molar-refractivity contribution in [2.45, 2.75) is 0 Å². The summed E-state index contributed by atoms with van der Waals surface area (Å²) in [5.41, 5.74) is 9.88. The minimum Gasteiger partial charge on any atom is -0.454 e. The van der Waals surface area contributed by atoms with Gasteiger partial charge in [0.2, 0.25) is 0 Å². The maximum atomic E-state index is 6.56. The highest BCUT2D eigenvalue weighted by Gasteiger charge is 2.21. The predicted octanol–water partition coefficient (Wildman–Crippen LogP) is 13.9. The number of hydrogen-bond acceptors (Lipinski definition) is 3. The van der Waals surface area contributed by atoms with Gasteiger partial charge in [0.1, 0.15) is 5.58 Å². The molecule has 0 aliphatic rings. The van der Waals surface area contributed by atoms with Gasteiger partial charge in [-0.15, -0.1) is 11.3 Å². The van der Waals surface area contributed by atoms with Crippen LogP contribution in [0, 0.1) is 0 Å². The van der Waals surface area contributed by atoms with Gasteiger partial charge in [-0.1, -0.05) is 140 Å². The van der Waals surface area contributed by atoms with E-state index in [0.29, 0.717) is 0 Å². The summed E-state index contributed by atoms with van der Waals surface area (Å²) in [6.07, 6.45) is 0. The number of furan rings is 1. The molecule has 0 saturated carbocycles. The zero-order chi connectivity index (χ0) is 32.3. The van der Waals surface area contributed by atoms with Crippen molar-refractivity contribution in [3.8, 4) is 22.3 Å². The van der Waals surface area contributed by atoms with Crippen molar-refractivity contribution in [1.29, 1.82) is 0 Å². The van der Waals surface area contributed by atoms with E-state index < -0.39 is 0 Å². The first-order valence-electron chi connectivity index (χ1n) is 16.6. The Morgan fingerprint density at radius 2 is 1.02 bits per heavy atom. The third kappa shape index (κ3) is 4.47. The molecule has 0 amide bonds. The van der Waals surface area contributed by atoms with Gasteiger partial charge in [0.25, 0.3) is 0 Å². The molecule has 0 radical (unpaired) electrons. The van der Waals surface area contributed by atoms with E-state index in [1.54, 1.807) is 0 Å². The summed E-state index contributed by atoms with van der Waals surface area (Å²) >= 11 is 1.88. The van der Waals surface area contributed by atoms with E-state index in [0.717, 1.165) is 39.0 Å². The van der Waals surface area contributed by atoms with Crippen LogP contribution in [0.25, 0.3) is 75.1 Å². The molecule has 0 fully saturated rings. The normalized spacial score (nSPS) is 11.7. The average molecular weight is 644 g/mol. The van der Waals surface area contributed by atoms with E-state index in [-0.39, 0.29) is 0 Å². The van der Waals surface area contributed by atoms with Gasteiger partial charge in [-0.25, -0.2) is 0 Å². The van der Waals surface area contributed by atoms with Gasteiger partial charge in [-0.2, -0.15) is 0 Å². The van der Waals surface area contributed by atoms with Gasteiger partial charge in [0.05, 0.1) is 11.4 Å². The number of benzene rings is 8. The maximum absolute atomic E-state index is 6.56. The summed E-state index contributed by atoms with van der Waals surface area (Å²) < 4.78 is 9.23. The van der Waals surface area contributed by atoms with Gasteiger partial charge < -0.3 is 9.32 Å². The summed E-state index contributed by atoms with van der Waals surface area (Å²) in [5.74, 6) is 0. The first-order valence-corrected chi connectivity index (χ1v) is 17.4. The van der Waals surface area contributed by atoms with Crippen molar-refractivity contribution in [3.63, 3.8) is 0 Å². The monoisotopic (exact) mass is 643 g/mol. The molecule has 8 aromatic carbocycles. The van der Waals surface area contributed by atoms with Crippen LogP contribution in [0.1, 0.15) is 0 Å². The molecule has 10 aromatic rings. The van der Waals surface area contributed by atoms with Crippen LogP contribution in [0.15, 0.2) is 180 Å². The lowest BCUT2D eigenvalue weighted by Gasteiger charge is -2.27. The van der Waals surface area contributed by atoms with E-state index in [1.165, 1.54) is 53.2 Å². The first kappa shape index (κ1) is 27.9. The van der Waals surface area contributed by atoms with Gasteiger partial charge >= 0.3 is 0 Å². The van der Waals surface area contributed by atoms with Gasteiger partial charge in [0, 0.05) is 42.0 Å². The molecule has 3 heteroatoms. The number of para-hydroxylation sites is 3. The van der Waals surface area contributed by atoms with Crippen molar-refractivity contribution >= 4 is 81.3 Å². The fourth-order valence-corrected chi connectivity index (χ4v) is 8.67. The zero-order valence-electron chi connectivity index (χ0n) is 26.5. The molecule has 0 unspecified atom stereocenters. The van der Waals surface area contributed by atoms with Crippen LogP contribution >= 0.6 is 11.3 Å². The lowest BCUT2D eigenvalue weighted by atomic mass is 9.94. The largest absolute Gasteiger partial charge is 0.454 e. The Balaban J connectivity index is 1.12. The van der Waals surface area contributed by atoms with Crippen LogP contribution in [0.2, 0.25) is 0 Å². The summed E-state index contributed by atoms with van der Waals surface area (Å²) in [5, 5.41) is 7.27. The van der Waals surface area contributed by atoms with Crippen molar-refractivity contribution in [2.75, 3.05) is 4.90 Å². The number of anilines is 3. The van der Waals surface area contributed by atoms with Crippen LogP contribution in [-0.4, -0.2) is 0 Å². The highest BCUT2D eigenvalue weighted by atomic mass is 32.1. The Kier molecular flexibility index (Phi) is 6.39. The molecule has 0 aliphatic carbocycles. The van der Waals surface area contributed by atoms with Crippen LogP contribution in [-0.2, 0) is 0 Å². The van der Waals surface area contributed by atoms with Crippen LogP contribution in [0.5, 0.6) is 0 Å². The Bertz CT molecular complexity index is 2830. The molecule has 2 nitrogen and oxygen atoms in total. The van der Waals surface area contributed by atoms with E-state index in [2.05, 4.69) is 169 Å². The molecule has 0 saturated heterocycles. The quantitative estimate of drug-likeness (QED) is 0.186. The summed E-state index contributed by atoms with van der Waals surface area (Å²) in [7, 11) is 0. The maximum Gasteiger partial charge on any atom is 0.159 e. The molecule has 0 N–H and O–H groups in total. The molecular weight excluding hydrogens is 615 g/mol. The van der Waals surface area contributed by atoms with Crippen molar-refractivity contribution in [2.24, 2.45) is 0 Å². The van der Waals surface area contributed by atoms with Gasteiger partial charge in [0.15, 0.2) is 5.58 Å². The third-order valence-corrected chi connectivity index (χ3v) is 10.9. The number of thiophene rings is 1. The smallest absolute Gasteiger partial charge is 0.159 e. The number of rotatable bonds is 5. The lowest BCUT2D eigenvalue weighted by molar-refractivity contribution is 0.669. The Hall–Kier alpha value is -6.16. The van der Waals surface area contributed by atoms with Crippen LogP contribution < -0.4 is 4.90 Å². The minimum absolute atomic E-state index is 0.880. The van der Waals surface area contributed by atoms with E-state index in [9.17, 15) is 0 Å². The lowest BCUT2D eigenvalue weighted by Crippen LogP contribution is -2.10. The molecule has 0 spiro atoms. The Labute approximate surface area is 287 Å². The standard InChI is InChI=1S/C46H29NOS/c1-2-12-32(13-3-1)47(42-21-11-19-39-37-16-6-8-22-43(37)48-45(39)42)41-29-28-33(35-14-4-5-15-36(35)41)30-24-26-31(27-25-30)34-18-10-20-40-38-17-7-9-23-44(38)49-46(34)40/h1-29H. The van der Waals surface area contributed by atoms with E-state index in [4.69, 9.17) is 4.42 Å². The second kappa shape index (κ2) is 11.2. The molecular formula is C46H29NOS. The number of fused-ring (bicyclic) bond motifs is 7. The topological polar surface area (TPSA) is 16.4 Å². The molecule has 230 valence electrons. The van der Waals surface area contributed by atoms with Crippen LogP contribution in [0.4, 0.5) is 17.1 Å². The number of hydrogen-bond donors (Lipinski definition) is 0. The molecule has 2 heterocycles. The molecule has 2 aromatic heterocycles. The van der Waals surface area contributed by atoms with Crippen LogP contribution in [0.3, 0.4) is 0 Å². The molecule has 0 aliphatic heterocycles. The van der Waals surface area contributed by atoms with Gasteiger partial charge in [-0.05, 0) is 64.0 Å². The minimum atomic E-state index is 0.880. The summed E-state index contributed by atoms with van der Waals surface area (Å²) in [6, 6.07) is 63.1. The molecule has 0 atom stereocenters. The third-order valence-electron chi connectivity index (χ3n) is 9.69. The Morgan fingerprint density at radius 1 is 0.388 bits per heavy atom. The average Bonchev–Trinajstić information content (AvgIpc) is 3.75. The summed E-state index contributed by atoms with van der Waals surface area (Å²) in [6.45, 7) is 0. The fraction of sp³-hybridized carbons (Fsp3) is 0. The highest BCUT2D eigenvalue weighted by molar-refractivity contribution is 7.26. The first-order chi connectivity index (χ1) is 24.3. The number of nitrogens with zero attached hydrogens (tertiary/aromatic N) is 1. The second-order valence-electron chi connectivity index (χ2n) is 12.5. The predicted molar refractivity (Wildman–Crippen MR) is 210 cm³/mol. The van der Waals surface area contributed by atoms with Crippen molar-refractivity contribution < 1.29 is 4.42 Å². The van der Waals surface area contributed by atoms with E-state index in [1.807, 2.05) is 23.5 Å². The SMILES string of the molecule is c1ccc(N(c2ccc(-c3ccc(-c4cccc5c4sc4ccccc45)cc3)c3ccccc23)c2cccc3c2oc2ccccc23)cc1. The van der Waals surface area contributed by atoms with E-state index >= 15 is 0 Å². The van der Waals surface area contributed by atoms with Gasteiger partial charge in [-0.3, -0.25) is 0 Å². The fourth-order valence-electron chi connectivity index (χ4n) is 7.43. The second-order valence-corrected chi connectivity index (χ2v) is 13.5. The van der Waals surface area contributed by atoms with Crippen molar-refractivity contribution in [1.82, 2.24) is 0 Å². The highest BCUT2D eigenvalue weighted by Crippen LogP contribution is 2.46. The van der Waals surface area contributed by atoms with Crippen molar-refractivity contribution in [3.05, 3.63) is 176 Å². The zero-order valence-corrected chi connectivity index (χ0v) is 27.3. The molecule has 49 heavy (non-hydrogen) atoms. The summed E-state index contributed by atoms with van der Waals surface area (Å²) in [4.78, 5) is 2.34. The molecule has 0 bridgehead atoms. The molecule has 10 rings (SSSR count).